The monoisotopic (exact) mass is 491 g/mol. The minimum Gasteiger partial charge on any atom is -0.496 e. The molecule has 0 radical (unpaired) electrons. The number of benzene rings is 3. The van der Waals surface area contributed by atoms with Crippen LogP contribution in [0.1, 0.15) is 34.3 Å². The zero-order valence-electron chi connectivity index (χ0n) is 20.8. The van der Waals surface area contributed by atoms with E-state index in [0.29, 0.717) is 28.6 Å². The van der Waals surface area contributed by atoms with Crippen LogP contribution in [0.4, 0.5) is 0 Å². The average molecular weight is 492 g/mol. The van der Waals surface area contributed by atoms with Gasteiger partial charge in [0.2, 0.25) is 0 Å². The maximum Gasteiger partial charge on any atom is 0.261 e. The number of hydrogen-bond donors (Lipinski definition) is 0. The first-order chi connectivity index (χ1) is 18.1. The summed E-state index contributed by atoms with van der Waals surface area (Å²) in [5, 5.41) is 13.9. The normalized spacial score (nSPS) is 11.7. The number of imidazole rings is 1. The predicted molar refractivity (Wildman–Crippen MR) is 137 cm³/mol. The molecule has 184 valence electrons. The quantitative estimate of drug-likeness (QED) is 0.277. The Bertz CT molecular complexity index is 1580. The maximum atomic E-state index is 9.78. The minimum atomic E-state index is -0.476. The molecule has 0 saturated carbocycles. The highest BCUT2D eigenvalue weighted by atomic mass is 16.5. The number of hydrogen-bond acceptors (Lipinski definition) is 7. The van der Waals surface area contributed by atoms with Crippen LogP contribution < -0.4 is 4.74 Å². The number of para-hydroxylation sites is 1. The zero-order valence-corrected chi connectivity index (χ0v) is 20.8. The van der Waals surface area contributed by atoms with E-state index in [0.717, 1.165) is 27.9 Å². The number of nitrogens with zero attached hydrogens (tertiary/aromatic N) is 5. The molecule has 0 saturated heterocycles. The zero-order chi connectivity index (χ0) is 25.8. The van der Waals surface area contributed by atoms with E-state index in [-0.39, 0.29) is 6.61 Å². The Morgan fingerprint density at radius 3 is 2.54 bits per heavy atom. The first kappa shape index (κ1) is 24.0. The topological polar surface area (TPSA) is 99.0 Å². The van der Waals surface area contributed by atoms with Crippen LogP contribution in [0, 0.1) is 18.3 Å². The van der Waals surface area contributed by atoms with Crippen LogP contribution in [-0.4, -0.2) is 26.8 Å². The van der Waals surface area contributed by atoms with Gasteiger partial charge < -0.3 is 18.6 Å². The van der Waals surface area contributed by atoms with E-state index in [1.54, 1.807) is 19.6 Å². The molecule has 5 rings (SSSR count). The lowest BCUT2D eigenvalue weighted by Crippen LogP contribution is -2.11. The van der Waals surface area contributed by atoms with Gasteiger partial charge in [-0.3, -0.25) is 0 Å². The van der Waals surface area contributed by atoms with Crippen molar-refractivity contribution >= 4 is 0 Å². The second-order valence-electron chi connectivity index (χ2n) is 8.57. The number of methoxy groups -OCH3 is 1. The molecule has 8 nitrogen and oxygen atoms in total. The van der Waals surface area contributed by atoms with Crippen molar-refractivity contribution in [1.29, 1.82) is 5.26 Å². The third kappa shape index (κ3) is 4.85. The molecule has 0 N–H and O–H groups in total. The van der Waals surface area contributed by atoms with Crippen LogP contribution in [0.25, 0.3) is 22.6 Å². The summed E-state index contributed by atoms with van der Waals surface area (Å²) in [7, 11) is 3.51. The van der Waals surface area contributed by atoms with Crippen molar-refractivity contribution in [2.45, 2.75) is 19.6 Å². The second-order valence-corrected chi connectivity index (χ2v) is 8.57. The van der Waals surface area contributed by atoms with Gasteiger partial charge in [-0.1, -0.05) is 47.6 Å². The fourth-order valence-electron chi connectivity index (χ4n) is 4.29. The van der Waals surface area contributed by atoms with Crippen LogP contribution in [-0.2, 0) is 18.4 Å². The molecule has 2 heterocycles. The molecule has 1 unspecified atom stereocenters. The van der Waals surface area contributed by atoms with Crippen LogP contribution in [0.5, 0.6) is 5.75 Å². The van der Waals surface area contributed by atoms with E-state index in [9.17, 15) is 5.26 Å². The summed E-state index contributed by atoms with van der Waals surface area (Å²) in [4.78, 5) is 8.80. The number of rotatable bonds is 8. The summed E-state index contributed by atoms with van der Waals surface area (Å²) >= 11 is 0. The Hall–Kier alpha value is -4.74. The molecule has 1 atom stereocenters. The third-order valence-corrected chi connectivity index (χ3v) is 6.21. The highest BCUT2D eigenvalue weighted by molar-refractivity contribution is 5.74. The van der Waals surface area contributed by atoms with Crippen molar-refractivity contribution in [3.05, 3.63) is 107 Å². The fourth-order valence-corrected chi connectivity index (χ4v) is 4.29. The van der Waals surface area contributed by atoms with Crippen LogP contribution >= 0.6 is 0 Å². The van der Waals surface area contributed by atoms with Gasteiger partial charge in [0.05, 0.1) is 42.5 Å². The molecule has 0 aliphatic heterocycles. The fraction of sp³-hybridized carbons (Fsp3) is 0.172. The van der Waals surface area contributed by atoms with E-state index in [2.05, 4.69) is 21.2 Å². The van der Waals surface area contributed by atoms with Crippen LogP contribution in [0.3, 0.4) is 0 Å². The minimum absolute atomic E-state index is 0.105. The number of ether oxygens (including phenoxy) is 2. The SMILES string of the molecule is COc1ccccc1-c1nc(COC(c2ccc(C#N)c(-c3ccccc3C)c2)c2cncn2C)no1. The summed E-state index contributed by atoms with van der Waals surface area (Å²) in [5.41, 5.74) is 5.99. The number of nitriles is 1. The van der Waals surface area contributed by atoms with Gasteiger partial charge in [-0.2, -0.15) is 10.2 Å². The third-order valence-electron chi connectivity index (χ3n) is 6.21. The molecule has 2 aromatic heterocycles. The molecule has 0 aliphatic carbocycles. The molecular weight excluding hydrogens is 466 g/mol. The average Bonchev–Trinajstić information content (AvgIpc) is 3.58. The summed E-state index contributed by atoms with van der Waals surface area (Å²) in [6, 6.07) is 23.5. The van der Waals surface area contributed by atoms with E-state index < -0.39 is 6.10 Å². The maximum absolute atomic E-state index is 9.78. The Morgan fingerprint density at radius 2 is 1.81 bits per heavy atom. The van der Waals surface area contributed by atoms with Crippen molar-refractivity contribution in [2.24, 2.45) is 7.05 Å². The van der Waals surface area contributed by atoms with Gasteiger partial charge in [0, 0.05) is 12.6 Å². The van der Waals surface area contributed by atoms with Crippen molar-refractivity contribution < 1.29 is 14.0 Å². The van der Waals surface area contributed by atoms with Gasteiger partial charge in [-0.15, -0.1) is 0 Å². The van der Waals surface area contributed by atoms with Gasteiger partial charge in [-0.25, -0.2) is 4.98 Å². The lowest BCUT2D eigenvalue weighted by molar-refractivity contribution is 0.0567. The van der Waals surface area contributed by atoms with E-state index in [1.165, 1.54) is 0 Å². The largest absolute Gasteiger partial charge is 0.496 e. The van der Waals surface area contributed by atoms with Crippen molar-refractivity contribution in [3.63, 3.8) is 0 Å². The van der Waals surface area contributed by atoms with Gasteiger partial charge >= 0.3 is 0 Å². The van der Waals surface area contributed by atoms with Crippen molar-refractivity contribution in [2.75, 3.05) is 7.11 Å². The summed E-state index contributed by atoms with van der Waals surface area (Å²) in [6.45, 7) is 2.14. The molecule has 0 bridgehead atoms. The highest BCUT2D eigenvalue weighted by Gasteiger charge is 2.22. The molecule has 0 aliphatic rings. The van der Waals surface area contributed by atoms with Gasteiger partial charge in [0.1, 0.15) is 18.5 Å². The van der Waals surface area contributed by atoms with Gasteiger partial charge in [0.15, 0.2) is 5.82 Å². The summed E-state index contributed by atoms with van der Waals surface area (Å²) < 4.78 is 19.2. The highest BCUT2D eigenvalue weighted by Crippen LogP contribution is 2.34. The first-order valence-corrected chi connectivity index (χ1v) is 11.7. The van der Waals surface area contributed by atoms with E-state index in [4.69, 9.17) is 14.0 Å². The van der Waals surface area contributed by atoms with E-state index >= 15 is 0 Å². The Balaban J connectivity index is 1.48. The molecule has 37 heavy (non-hydrogen) atoms. The second kappa shape index (κ2) is 10.5. The van der Waals surface area contributed by atoms with Gasteiger partial charge in [-0.05, 0) is 47.9 Å². The predicted octanol–water partition coefficient (Wildman–Crippen LogP) is 5.63. The van der Waals surface area contributed by atoms with Crippen LogP contribution in [0.2, 0.25) is 0 Å². The molecule has 0 amide bonds. The summed E-state index contributed by atoms with van der Waals surface area (Å²) in [6.07, 6.45) is 3.02. The standard InChI is InChI=1S/C29H25N5O3/c1-19-8-4-5-9-22(19)24-14-20(12-13-21(24)15-30)28(25-16-31-18-34(25)2)36-17-27-32-29(37-33-27)23-10-6-7-11-26(23)35-3/h4-14,16,18,28H,17H2,1-3H3. The molecular formula is C29H25N5O3. The molecule has 5 aromatic rings. The van der Waals surface area contributed by atoms with Gasteiger partial charge in [0.25, 0.3) is 5.89 Å². The number of aromatic nitrogens is 4. The van der Waals surface area contributed by atoms with Crippen molar-refractivity contribution in [1.82, 2.24) is 19.7 Å². The Labute approximate surface area is 214 Å². The number of aryl methyl sites for hydroxylation is 2. The van der Waals surface area contributed by atoms with E-state index in [1.807, 2.05) is 85.3 Å². The molecule has 0 spiro atoms. The smallest absolute Gasteiger partial charge is 0.261 e. The molecule has 0 fully saturated rings. The molecule has 8 heteroatoms. The lowest BCUT2D eigenvalue weighted by Gasteiger charge is -2.20. The lowest BCUT2D eigenvalue weighted by atomic mass is 9.93. The first-order valence-electron chi connectivity index (χ1n) is 11.7. The van der Waals surface area contributed by atoms with Crippen molar-refractivity contribution in [3.8, 4) is 34.4 Å². The summed E-state index contributed by atoms with van der Waals surface area (Å²) in [5.74, 6) is 1.40. The molecule has 3 aromatic carbocycles. The Kier molecular flexibility index (Phi) is 6.79. The van der Waals surface area contributed by atoms with Crippen LogP contribution in [0.15, 0.2) is 83.8 Å². The Morgan fingerprint density at radius 1 is 1.03 bits per heavy atom.